The molecule has 0 bridgehead atoms. The second kappa shape index (κ2) is 3.28. The highest BCUT2D eigenvalue weighted by atomic mass is 19.4. The van der Waals surface area contributed by atoms with Crippen molar-refractivity contribution in [1.29, 1.82) is 0 Å². The van der Waals surface area contributed by atoms with E-state index in [2.05, 4.69) is 0 Å². The molecule has 1 aromatic carbocycles. The predicted molar refractivity (Wildman–Crippen MR) is 41.6 cm³/mol. The molecule has 0 radical (unpaired) electrons. The van der Waals surface area contributed by atoms with Crippen LogP contribution in [0.4, 0.5) is 17.6 Å². The number of amidine groups is 1. The molecule has 0 aromatic heterocycles. The third kappa shape index (κ3) is 1.84. The van der Waals surface area contributed by atoms with Gasteiger partial charge in [0, 0.05) is 0 Å². The van der Waals surface area contributed by atoms with Gasteiger partial charge in [-0.05, 0) is 12.1 Å². The van der Waals surface area contributed by atoms with Crippen LogP contribution in [0.25, 0.3) is 0 Å². The highest BCUT2D eigenvalue weighted by Gasteiger charge is 2.35. The van der Waals surface area contributed by atoms with Crippen molar-refractivity contribution < 1.29 is 23.0 Å². The van der Waals surface area contributed by atoms with Gasteiger partial charge < -0.3 is 0 Å². The van der Waals surface area contributed by atoms with Gasteiger partial charge in [0.15, 0.2) is 5.82 Å². The van der Waals surface area contributed by atoms with Gasteiger partial charge in [-0.3, -0.25) is 11.1 Å². The molecule has 6 heteroatoms. The molecule has 0 spiro atoms. The maximum atomic E-state index is 13.1. The van der Waals surface area contributed by atoms with Crippen LogP contribution < -0.4 is 11.1 Å². The second-order valence-corrected chi connectivity index (χ2v) is 2.62. The zero-order chi connectivity index (χ0) is 10.9. The van der Waals surface area contributed by atoms with Crippen LogP contribution in [0, 0.1) is 5.82 Å². The molecule has 0 saturated carbocycles. The van der Waals surface area contributed by atoms with E-state index in [1.807, 2.05) is 0 Å². The number of nitrogens with two attached hydrogens (primary N) is 2. The summed E-state index contributed by atoms with van der Waals surface area (Å²) in [6.45, 7) is 0. The Hall–Kier alpha value is -1.59. The van der Waals surface area contributed by atoms with Crippen molar-refractivity contribution in [3.8, 4) is 0 Å². The third-order valence-electron chi connectivity index (χ3n) is 1.62. The van der Waals surface area contributed by atoms with Crippen LogP contribution in [-0.4, -0.2) is 5.84 Å². The van der Waals surface area contributed by atoms with Crippen molar-refractivity contribution in [2.75, 3.05) is 0 Å². The first-order chi connectivity index (χ1) is 6.34. The molecule has 0 atom stereocenters. The van der Waals surface area contributed by atoms with Gasteiger partial charge in [0.05, 0.1) is 11.1 Å². The first kappa shape index (κ1) is 10.5. The summed E-state index contributed by atoms with van der Waals surface area (Å²) in [7, 11) is 0. The van der Waals surface area contributed by atoms with Crippen molar-refractivity contribution in [3.63, 3.8) is 0 Å². The Bertz CT molecular complexity index is 370. The summed E-state index contributed by atoms with van der Waals surface area (Å²) < 4.78 is 49.6. The van der Waals surface area contributed by atoms with Crippen molar-refractivity contribution in [2.24, 2.45) is 5.73 Å². The third-order valence-corrected chi connectivity index (χ3v) is 1.62. The van der Waals surface area contributed by atoms with E-state index in [-0.39, 0.29) is 0 Å². The number of hydrogen-bond acceptors (Lipinski definition) is 0. The summed E-state index contributed by atoms with van der Waals surface area (Å²) in [6, 6.07) is 2.75. The van der Waals surface area contributed by atoms with Gasteiger partial charge in [-0.25, -0.2) is 4.39 Å². The standard InChI is InChI=1S/C8H6F4N2/c9-6-4(7(13)14)2-1-3-5(6)8(10,11)12/h1-3H,(H3,13,14)/p+1. The SMILES string of the molecule is NC(=[NH2+])c1cccc(C(F)(F)F)c1F. The molecule has 2 nitrogen and oxygen atoms in total. The number of alkyl halides is 3. The number of halogens is 4. The minimum atomic E-state index is -4.74. The van der Waals surface area contributed by atoms with Gasteiger partial charge >= 0.3 is 6.18 Å². The average Bonchev–Trinajstić information content (AvgIpc) is 2.01. The fraction of sp³-hybridized carbons (Fsp3) is 0.125. The van der Waals surface area contributed by atoms with Gasteiger partial charge in [0.2, 0.25) is 0 Å². The summed E-state index contributed by atoms with van der Waals surface area (Å²) in [6.07, 6.45) is -4.74. The molecule has 0 aliphatic rings. The quantitative estimate of drug-likeness (QED) is 0.388. The van der Waals surface area contributed by atoms with Crippen LogP contribution in [0.1, 0.15) is 11.1 Å². The summed E-state index contributed by atoms with van der Waals surface area (Å²) in [5.41, 5.74) is 3.21. The van der Waals surface area contributed by atoms with E-state index in [1.165, 1.54) is 0 Å². The molecule has 76 valence electrons. The molecular weight excluding hydrogens is 200 g/mol. The Balaban J connectivity index is 3.35. The molecule has 1 aromatic rings. The lowest BCUT2D eigenvalue weighted by atomic mass is 10.1. The van der Waals surface area contributed by atoms with Crippen LogP contribution in [-0.2, 0) is 6.18 Å². The monoisotopic (exact) mass is 207 g/mol. The molecule has 1 rings (SSSR count). The highest BCUT2D eigenvalue weighted by Crippen LogP contribution is 2.31. The van der Waals surface area contributed by atoms with E-state index in [9.17, 15) is 17.6 Å². The normalized spacial score (nSPS) is 11.4. The van der Waals surface area contributed by atoms with Crippen LogP contribution >= 0.6 is 0 Å². The lowest BCUT2D eigenvalue weighted by Crippen LogP contribution is -2.46. The molecule has 0 heterocycles. The van der Waals surface area contributed by atoms with Gasteiger partial charge in [-0.15, -0.1) is 0 Å². The topological polar surface area (TPSA) is 51.6 Å². The summed E-state index contributed by atoms with van der Waals surface area (Å²) in [4.78, 5) is 0. The molecule has 0 amide bonds. The number of rotatable bonds is 1. The zero-order valence-corrected chi connectivity index (χ0v) is 6.90. The lowest BCUT2D eigenvalue weighted by molar-refractivity contribution is -0.140. The molecular formula is C8H7F4N2+. The van der Waals surface area contributed by atoms with Gasteiger partial charge in [-0.1, -0.05) is 6.07 Å². The zero-order valence-electron chi connectivity index (χ0n) is 6.90. The molecule has 4 N–H and O–H groups in total. The molecule has 0 saturated heterocycles. The van der Waals surface area contributed by atoms with E-state index in [1.54, 1.807) is 0 Å². The summed E-state index contributed by atoms with van der Waals surface area (Å²) in [5.74, 6) is -1.92. The lowest BCUT2D eigenvalue weighted by Gasteiger charge is -2.08. The fourth-order valence-corrected chi connectivity index (χ4v) is 0.974. The van der Waals surface area contributed by atoms with Gasteiger partial charge in [-0.2, -0.15) is 13.2 Å². The molecule has 0 aliphatic carbocycles. The Morgan fingerprint density at radius 2 is 1.86 bits per heavy atom. The largest absolute Gasteiger partial charge is 0.419 e. The molecule has 0 unspecified atom stereocenters. The van der Waals surface area contributed by atoms with Gasteiger partial charge in [0.1, 0.15) is 0 Å². The van der Waals surface area contributed by atoms with Crippen molar-refractivity contribution in [3.05, 3.63) is 35.1 Å². The number of hydrogen-bond donors (Lipinski definition) is 2. The maximum Gasteiger partial charge on any atom is 0.419 e. The highest BCUT2D eigenvalue weighted by molar-refractivity contribution is 5.93. The Labute approximate surface area is 76.8 Å². The predicted octanol–water partition coefficient (Wildman–Crippen LogP) is 0.309. The minimum Gasteiger partial charge on any atom is -0.287 e. The Kier molecular flexibility index (Phi) is 2.46. The fourth-order valence-electron chi connectivity index (χ4n) is 0.974. The van der Waals surface area contributed by atoms with Gasteiger partial charge in [0.25, 0.3) is 5.84 Å². The smallest absolute Gasteiger partial charge is 0.287 e. The number of benzene rings is 1. The van der Waals surface area contributed by atoms with E-state index >= 15 is 0 Å². The van der Waals surface area contributed by atoms with Crippen LogP contribution in [0.3, 0.4) is 0 Å². The first-order valence-corrected chi connectivity index (χ1v) is 3.58. The summed E-state index contributed by atoms with van der Waals surface area (Å²) in [5, 5.41) is 5.01. The van der Waals surface area contributed by atoms with Crippen molar-refractivity contribution in [1.82, 2.24) is 0 Å². The van der Waals surface area contributed by atoms with Crippen LogP contribution in [0.2, 0.25) is 0 Å². The van der Waals surface area contributed by atoms with E-state index in [0.717, 1.165) is 12.1 Å². The van der Waals surface area contributed by atoms with Crippen molar-refractivity contribution in [2.45, 2.75) is 6.18 Å². The molecule has 0 fully saturated rings. The summed E-state index contributed by atoms with van der Waals surface area (Å²) >= 11 is 0. The van der Waals surface area contributed by atoms with Crippen molar-refractivity contribution >= 4 is 5.84 Å². The van der Waals surface area contributed by atoms with E-state index in [4.69, 9.17) is 11.1 Å². The Morgan fingerprint density at radius 3 is 2.29 bits per heavy atom. The van der Waals surface area contributed by atoms with Crippen LogP contribution in [0.15, 0.2) is 18.2 Å². The maximum absolute atomic E-state index is 13.1. The van der Waals surface area contributed by atoms with Crippen LogP contribution in [0.5, 0.6) is 0 Å². The molecule has 0 aliphatic heterocycles. The first-order valence-electron chi connectivity index (χ1n) is 3.58. The average molecular weight is 207 g/mol. The second-order valence-electron chi connectivity index (χ2n) is 2.62. The minimum absolute atomic E-state index is 0.431. The Morgan fingerprint density at radius 1 is 1.29 bits per heavy atom. The molecule has 14 heavy (non-hydrogen) atoms. The van der Waals surface area contributed by atoms with E-state index in [0.29, 0.717) is 6.07 Å². The van der Waals surface area contributed by atoms with E-state index < -0.39 is 29.0 Å².